The Bertz CT molecular complexity index is 1070. The summed E-state index contributed by atoms with van der Waals surface area (Å²) in [4.78, 5) is 12.1. The number of primary amides is 1. The summed E-state index contributed by atoms with van der Waals surface area (Å²) in [5.74, 6) is 0.203. The maximum Gasteiger partial charge on any atom is 0.248 e. The van der Waals surface area contributed by atoms with E-state index in [1.165, 1.54) is 0 Å². The lowest BCUT2D eigenvalue weighted by atomic mass is 9.94. The van der Waals surface area contributed by atoms with E-state index < -0.39 is 0 Å². The molecule has 4 rings (SSSR count). The molecule has 0 spiro atoms. The summed E-state index contributed by atoms with van der Waals surface area (Å²) in [5, 5.41) is 16.5. The Morgan fingerprint density at radius 3 is 2.52 bits per heavy atom. The Hall–Kier alpha value is -3.52. The molecule has 1 unspecified atom stereocenters. The van der Waals surface area contributed by atoms with Crippen LogP contribution in [0, 0.1) is 0 Å². The topological polar surface area (TPSA) is 113 Å². The van der Waals surface area contributed by atoms with Crippen molar-refractivity contribution in [1.82, 2.24) is 31.1 Å². The number of carbonyl (C=O) groups is 1. The molecular formula is C23H27N7O. The van der Waals surface area contributed by atoms with E-state index in [0.29, 0.717) is 17.8 Å². The third-order valence-electron chi connectivity index (χ3n) is 5.65. The van der Waals surface area contributed by atoms with Crippen LogP contribution in [0.15, 0.2) is 59.8 Å². The van der Waals surface area contributed by atoms with Crippen molar-refractivity contribution in [3.63, 3.8) is 0 Å². The average molecular weight is 418 g/mol. The molecule has 1 aliphatic rings. The summed E-state index contributed by atoms with van der Waals surface area (Å²) in [6.07, 6.45) is 2.85. The normalized spacial score (nSPS) is 16.5. The minimum atomic E-state index is -0.361. The Labute approximate surface area is 181 Å². The smallest absolute Gasteiger partial charge is 0.248 e. The zero-order chi connectivity index (χ0) is 21.8. The molecule has 160 valence electrons. The number of aromatic nitrogens is 4. The molecule has 2 heterocycles. The van der Waals surface area contributed by atoms with E-state index in [2.05, 4.69) is 62.2 Å². The molecule has 31 heavy (non-hydrogen) atoms. The predicted octanol–water partition coefficient (Wildman–Crippen LogP) is 2.82. The van der Waals surface area contributed by atoms with Crippen molar-refractivity contribution in [3.8, 4) is 22.5 Å². The number of rotatable bonds is 8. The molecule has 1 amide bonds. The number of hydrogen-bond donors (Lipinski definition) is 3. The first-order valence-corrected chi connectivity index (χ1v) is 10.5. The van der Waals surface area contributed by atoms with E-state index in [0.717, 1.165) is 47.3 Å². The van der Waals surface area contributed by atoms with Crippen LogP contribution in [0.4, 0.5) is 0 Å². The molecule has 8 nitrogen and oxygen atoms in total. The van der Waals surface area contributed by atoms with Crippen LogP contribution in [0.5, 0.6) is 0 Å². The highest BCUT2D eigenvalue weighted by Crippen LogP contribution is 2.30. The molecule has 1 aliphatic heterocycles. The molecule has 0 bridgehead atoms. The Balaban J connectivity index is 1.58. The minimum Gasteiger partial charge on any atom is -0.366 e. The van der Waals surface area contributed by atoms with Crippen molar-refractivity contribution < 1.29 is 4.79 Å². The molecule has 0 aliphatic carbocycles. The van der Waals surface area contributed by atoms with Crippen LogP contribution >= 0.6 is 0 Å². The van der Waals surface area contributed by atoms with Crippen LogP contribution in [-0.2, 0) is 11.2 Å². The number of carbonyl (C=O) groups excluding carboxylic acids is 1. The second kappa shape index (κ2) is 9.09. The van der Waals surface area contributed by atoms with Gasteiger partial charge in [0, 0.05) is 17.8 Å². The number of aromatic amines is 1. The Morgan fingerprint density at radius 1 is 1.13 bits per heavy atom. The van der Waals surface area contributed by atoms with Gasteiger partial charge in [-0.1, -0.05) is 61.9 Å². The van der Waals surface area contributed by atoms with Gasteiger partial charge < -0.3 is 11.2 Å². The van der Waals surface area contributed by atoms with Gasteiger partial charge in [0.05, 0.1) is 11.6 Å². The molecule has 2 aromatic carbocycles. The lowest BCUT2D eigenvalue weighted by Gasteiger charge is -2.26. The SMILES string of the molecule is CCCCN1NC(C)=C(C(N)=O)C1Cc1ccc(-c2ccccc2-c2nn[nH]n2)cc1. The average Bonchev–Trinajstić information content (AvgIpc) is 3.41. The second-order valence-corrected chi connectivity index (χ2v) is 7.76. The van der Waals surface area contributed by atoms with Gasteiger partial charge in [-0.2, -0.15) is 5.21 Å². The fraction of sp³-hybridized carbons (Fsp3) is 0.304. The molecule has 0 radical (unpaired) electrons. The van der Waals surface area contributed by atoms with Crippen LogP contribution in [0.25, 0.3) is 22.5 Å². The van der Waals surface area contributed by atoms with Gasteiger partial charge >= 0.3 is 0 Å². The maximum atomic E-state index is 12.1. The minimum absolute atomic E-state index is 0.0680. The summed E-state index contributed by atoms with van der Waals surface area (Å²) in [5.41, 5.74) is 14.7. The first kappa shape index (κ1) is 20.7. The van der Waals surface area contributed by atoms with Gasteiger partial charge in [0.1, 0.15) is 0 Å². The number of tetrazole rings is 1. The zero-order valence-electron chi connectivity index (χ0n) is 17.8. The van der Waals surface area contributed by atoms with E-state index in [1.807, 2.05) is 31.2 Å². The number of unbranched alkanes of at least 4 members (excludes halogenated alkanes) is 1. The van der Waals surface area contributed by atoms with Crippen LogP contribution in [0.2, 0.25) is 0 Å². The van der Waals surface area contributed by atoms with E-state index in [9.17, 15) is 4.79 Å². The largest absolute Gasteiger partial charge is 0.366 e. The number of benzene rings is 2. The molecular weight excluding hydrogens is 390 g/mol. The Morgan fingerprint density at radius 2 is 1.87 bits per heavy atom. The lowest BCUT2D eigenvalue weighted by molar-refractivity contribution is -0.115. The second-order valence-electron chi connectivity index (χ2n) is 7.76. The monoisotopic (exact) mass is 417 g/mol. The number of allylic oxidation sites excluding steroid dienone is 1. The molecule has 0 saturated carbocycles. The predicted molar refractivity (Wildman–Crippen MR) is 119 cm³/mol. The number of nitrogens with one attached hydrogen (secondary N) is 2. The van der Waals surface area contributed by atoms with E-state index in [4.69, 9.17) is 5.73 Å². The number of nitrogens with two attached hydrogens (primary N) is 1. The zero-order valence-corrected chi connectivity index (χ0v) is 17.8. The number of amides is 1. The number of hydrogen-bond acceptors (Lipinski definition) is 6. The van der Waals surface area contributed by atoms with Gasteiger partial charge in [-0.15, -0.1) is 10.2 Å². The molecule has 0 saturated heterocycles. The third kappa shape index (κ3) is 4.34. The number of H-pyrrole nitrogens is 1. The quantitative estimate of drug-likeness (QED) is 0.519. The van der Waals surface area contributed by atoms with Gasteiger partial charge in [-0.25, -0.2) is 5.01 Å². The molecule has 3 aromatic rings. The van der Waals surface area contributed by atoms with Crippen LogP contribution < -0.4 is 11.2 Å². The van der Waals surface area contributed by atoms with Crippen molar-refractivity contribution >= 4 is 5.91 Å². The molecule has 4 N–H and O–H groups in total. The summed E-state index contributed by atoms with van der Waals surface area (Å²) < 4.78 is 0. The van der Waals surface area contributed by atoms with Gasteiger partial charge in [-0.3, -0.25) is 4.79 Å². The van der Waals surface area contributed by atoms with E-state index >= 15 is 0 Å². The van der Waals surface area contributed by atoms with Gasteiger partial charge in [-0.05, 0) is 41.7 Å². The maximum absolute atomic E-state index is 12.1. The van der Waals surface area contributed by atoms with Crippen molar-refractivity contribution in [1.29, 1.82) is 0 Å². The van der Waals surface area contributed by atoms with Crippen LogP contribution in [0.1, 0.15) is 32.3 Å². The Kier molecular flexibility index (Phi) is 6.08. The van der Waals surface area contributed by atoms with Crippen molar-refractivity contribution in [2.24, 2.45) is 5.73 Å². The van der Waals surface area contributed by atoms with Crippen molar-refractivity contribution in [2.45, 2.75) is 39.2 Å². The lowest BCUT2D eigenvalue weighted by Crippen LogP contribution is -2.42. The summed E-state index contributed by atoms with van der Waals surface area (Å²) in [7, 11) is 0. The fourth-order valence-corrected chi connectivity index (χ4v) is 4.11. The highest BCUT2D eigenvalue weighted by molar-refractivity contribution is 5.94. The molecule has 1 aromatic heterocycles. The summed E-state index contributed by atoms with van der Waals surface area (Å²) in [6.45, 7) is 4.94. The van der Waals surface area contributed by atoms with Crippen molar-refractivity contribution in [3.05, 3.63) is 65.4 Å². The first-order valence-electron chi connectivity index (χ1n) is 10.5. The highest BCUT2D eigenvalue weighted by atomic mass is 16.1. The number of nitrogens with zero attached hydrogens (tertiary/aromatic N) is 4. The summed E-state index contributed by atoms with van der Waals surface area (Å²) >= 11 is 0. The van der Waals surface area contributed by atoms with Gasteiger partial charge in [0.25, 0.3) is 0 Å². The van der Waals surface area contributed by atoms with E-state index in [1.54, 1.807) is 0 Å². The number of hydrazine groups is 1. The molecule has 1 atom stereocenters. The van der Waals surface area contributed by atoms with Crippen LogP contribution in [0.3, 0.4) is 0 Å². The first-order chi connectivity index (χ1) is 15.1. The fourth-order valence-electron chi connectivity index (χ4n) is 4.11. The van der Waals surface area contributed by atoms with Crippen molar-refractivity contribution in [2.75, 3.05) is 6.54 Å². The van der Waals surface area contributed by atoms with Gasteiger partial charge in [0.15, 0.2) is 0 Å². The summed E-state index contributed by atoms with van der Waals surface area (Å²) in [6, 6.07) is 16.3. The van der Waals surface area contributed by atoms with Crippen LogP contribution in [-0.4, -0.2) is 44.1 Å². The standard InChI is InChI=1S/C23H27N7O/c1-3-4-13-30-20(21(22(24)31)15(2)27-30)14-16-9-11-17(12-10-16)18-7-5-6-8-19(18)23-25-28-29-26-23/h5-12,20,27H,3-4,13-14H2,1-2H3,(H2,24,31)(H,25,26,28,29). The van der Waals surface area contributed by atoms with Gasteiger partial charge in [0.2, 0.25) is 11.7 Å². The highest BCUT2D eigenvalue weighted by Gasteiger charge is 2.33. The molecule has 0 fully saturated rings. The van der Waals surface area contributed by atoms with E-state index in [-0.39, 0.29) is 11.9 Å². The third-order valence-corrected chi connectivity index (χ3v) is 5.65. The molecule has 8 heteroatoms.